The zero-order chi connectivity index (χ0) is 28.9. The van der Waals surface area contributed by atoms with E-state index < -0.39 is 11.2 Å². The van der Waals surface area contributed by atoms with Gasteiger partial charge >= 0.3 is 11.7 Å². The standard InChI is InChI=1S/C29H44N8O3/c1-20(32-19-22-5-4-6-23(30)18-22)17-21-7-9-24(10-8-21)37-12-11-25(34-28(37)40)33-27(39)36-15-13-35(14-16-36)26(38)29(2,3)31/h7-12,20,22-23,32H,4-6,13-19,30-31H2,1-3H3,(H,33,34,39,40). The third-order valence-corrected chi connectivity index (χ3v) is 7.78. The van der Waals surface area contributed by atoms with Gasteiger partial charge in [-0.2, -0.15) is 4.98 Å². The van der Waals surface area contributed by atoms with Crippen LogP contribution in [0, 0.1) is 5.92 Å². The SMILES string of the molecule is CC(Cc1ccc(-n2ccc(NC(=O)N3CCN(C(=O)C(C)(C)N)CC3)nc2=O)cc1)NCC1CCCC(N)C1. The predicted molar refractivity (Wildman–Crippen MR) is 156 cm³/mol. The Labute approximate surface area is 236 Å². The summed E-state index contributed by atoms with van der Waals surface area (Å²) in [4.78, 5) is 45.1. The van der Waals surface area contributed by atoms with Gasteiger partial charge in [-0.3, -0.25) is 14.7 Å². The molecule has 2 aliphatic rings. The van der Waals surface area contributed by atoms with Crippen molar-refractivity contribution in [1.82, 2.24) is 24.7 Å². The predicted octanol–water partition coefficient (Wildman–Crippen LogP) is 1.68. The van der Waals surface area contributed by atoms with Gasteiger partial charge in [0.15, 0.2) is 0 Å². The van der Waals surface area contributed by atoms with Gasteiger partial charge in [0.05, 0.1) is 11.2 Å². The van der Waals surface area contributed by atoms with Crippen LogP contribution in [0.25, 0.3) is 5.69 Å². The van der Waals surface area contributed by atoms with Crippen molar-refractivity contribution in [2.24, 2.45) is 17.4 Å². The fourth-order valence-corrected chi connectivity index (χ4v) is 5.48. The lowest BCUT2D eigenvalue weighted by molar-refractivity contribution is -0.137. The highest BCUT2D eigenvalue weighted by Crippen LogP contribution is 2.22. The molecule has 0 radical (unpaired) electrons. The number of amides is 3. The molecule has 2 fully saturated rings. The molecule has 6 N–H and O–H groups in total. The molecule has 3 amide bonds. The molecule has 1 aromatic carbocycles. The van der Waals surface area contributed by atoms with Crippen molar-refractivity contribution in [3.8, 4) is 5.69 Å². The van der Waals surface area contributed by atoms with E-state index in [1.165, 1.54) is 23.0 Å². The monoisotopic (exact) mass is 552 g/mol. The molecule has 1 aliphatic carbocycles. The number of nitrogens with two attached hydrogens (primary N) is 2. The number of nitrogens with zero attached hydrogens (tertiary/aromatic N) is 4. The topological polar surface area (TPSA) is 152 Å². The van der Waals surface area contributed by atoms with Gasteiger partial charge in [0.1, 0.15) is 5.82 Å². The first-order valence-corrected chi connectivity index (χ1v) is 14.3. The lowest BCUT2D eigenvalue weighted by Gasteiger charge is -2.37. The van der Waals surface area contributed by atoms with E-state index >= 15 is 0 Å². The Balaban J connectivity index is 1.27. The minimum absolute atomic E-state index is 0.141. The zero-order valence-corrected chi connectivity index (χ0v) is 23.9. The average molecular weight is 553 g/mol. The van der Waals surface area contributed by atoms with Crippen LogP contribution < -0.4 is 27.8 Å². The number of urea groups is 1. The highest BCUT2D eigenvalue weighted by atomic mass is 16.2. The maximum atomic E-state index is 12.7. The lowest BCUT2D eigenvalue weighted by Crippen LogP contribution is -2.58. The molecule has 2 aromatic rings. The van der Waals surface area contributed by atoms with E-state index in [4.69, 9.17) is 11.5 Å². The molecule has 0 spiro atoms. The van der Waals surface area contributed by atoms with Crippen molar-refractivity contribution in [2.75, 3.05) is 38.0 Å². The van der Waals surface area contributed by atoms with Gasteiger partial charge in [0.2, 0.25) is 5.91 Å². The molecule has 3 atom stereocenters. The van der Waals surface area contributed by atoms with Gasteiger partial charge in [0.25, 0.3) is 0 Å². The maximum absolute atomic E-state index is 12.7. The number of hydrogen-bond donors (Lipinski definition) is 4. The van der Waals surface area contributed by atoms with E-state index in [2.05, 4.69) is 22.5 Å². The second-order valence-electron chi connectivity index (χ2n) is 11.9. The number of hydrogen-bond acceptors (Lipinski definition) is 7. The number of carbonyl (C=O) groups is 2. The van der Waals surface area contributed by atoms with Gasteiger partial charge < -0.3 is 26.6 Å². The van der Waals surface area contributed by atoms with E-state index in [9.17, 15) is 14.4 Å². The molecule has 0 bridgehead atoms. The van der Waals surface area contributed by atoms with Crippen LogP contribution >= 0.6 is 0 Å². The van der Waals surface area contributed by atoms with E-state index in [-0.39, 0.29) is 17.8 Å². The summed E-state index contributed by atoms with van der Waals surface area (Å²) < 4.78 is 1.45. The van der Waals surface area contributed by atoms with Gasteiger partial charge in [0, 0.05) is 44.5 Å². The van der Waals surface area contributed by atoms with E-state index in [1.54, 1.807) is 35.9 Å². The second kappa shape index (κ2) is 12.9. The summed E-state index contributed by atoms with van der Waals surface area (Å²) in [5.74, 6) is 0.700. The first-order chi connectivity index (χ1) is 19.0. The van der Waals surface area contributed by atoms with E-state index in [0.717, 1.165) is 25.8 Å². The average Bonchev–Trinajstić information content (AvgIpc) is 2.92. The van der Waals surface area contributed by atoms with Gasteiger partial charge in [-0.05, 0) is 82.7 Å². The molecular weight excluding hydrogens is 508 g/mol. The largest absolute Gasteiger partial charge is 0.354 e. The molecule has 1 saturated heterocycles. The zero-order valence-electron chi connectivity index (χ0n) is 23.9. The van der Waals surface area contributed by atoms with Gasteiger partial charge in [-0.25, -0.2) is 9.59 Å². The summed E-state index contributed by atoms with van der Waals surface area (Å²) in [5, 5.41) is 6.35. The number of piperazine rings is 1. The molecule has 2 heterocycles. The number of benzene rings is 1. The van der Waals surface area contributed by atoms with Crippen LogP contribution in [0.15, 0.2) is 41.3 Å². The number of nitrogens with one attached hydrogen (secondary N) is 2. The maximum Gasteiger partial charge on any atom is 0.354 e. The fourth-order valence-electron chi connectivity index (χ4n) is 5.48. The molecule has 1 aromatic heterocycles. The van der Waals surface area contributed by atoms with Crippen LogP contribution in [0.3, 0.4) is 0 Å². The van der Waals surface area contributed by atoms with Crippen LogP contribution in [0.2, 0.25) is 0 Å². The number of aromatic nitrogens is 2. The minimum atomic E-state index is -0.947. The molecular formula is C29H44N8O3. The molecule has 1 saturated carbocycles. The highest BCUT2D eigenvalue weighted by Gasteiger charge is 2.31. The van der Waals surface area contributed by atoms with Crippen molar-refractivity contribution in [2.45, 2.75) is 70.5 Å². The summed E-state index contributed by atoms with van der Waals surface area (Å²) in [6.07, 6.45) is 7.22. The van der Waals surface area contributed by atoms with Crippen LogP contribution in [-0.4, -0.2) is 81.6 Å². The molecule has 4 rings (SSSR count). The summed E-state index contributed by atoms with van der Waals surface area (Å²) >= 11 is 0. The highest BCUT2D eigenvalue weighted by molar-refractivity contribution is 5.89. The van der Waals surface area contributed by atoms with Crippen LogP contribution in [0.4, 0.5) is 10.6 Å². The molecule has 40 heavy (non-hydrogen) atoms. The Kier molecular flexibility index (Phi) is 9.60. The Morgan fingerprint density at radius 2 is 1.75 bits per heavy atom. The second-order valence-corrected chi connectivity index (χ2v) is 11.9. The summed E-state index contributed by atoms with van der Waals surface area (Å²) in [7, 11) is 0. The lowest BCUT2D eigenvalue weighted by atomic mass is 9.86. The molecule has 11 nitrogen and oxygen atoms in total. The molecule has 11 heteroatoms. The van der Waals surface area contributed by atoms with E-state index in [1.807, 2.05) is 24.3 Å². The third kappa shape index (κ3) is 7.89. The van der Waals surface area contributed by atoms with Crippen molar-refractivity contribution < 1.29 is 9.59 Å². The van der Waals surface area contributed by atoms with Crippen LogP contribution in [0.1, 0.15) is 52.0 Å². The van der Waals surface area contributed by atoms with Crippen LogP contribution in [0.5, 0.6) is 0 Å². The van der Waals surface area contributed by atoms with E-state index in [0.29, 0.717) is 49.9 Å². The Hall–Kier alpha value is -3.28. The quantitative estimate of drug-likeness (QED) is 0.389. The van der Waals surface area contributed by atoms with Crippen molar-refractivity contribution in [1.29, 1.82) is 0 Å². The first kappa shape index (κ1) is 29.7. The van der Waals surface area contributed by atoms with Crippen molar-refractivity contribution in [3.63, 3.8) is 0 Å². The Morgan fingerprint density at radius 1 is 1.07 bits per heavy atom. The first-order valence-electron chi connectivity index (χ1n) is 14.3. The number of carbonyl (C=O) groups excluding carboxylic acids is 2. The van der Waals surface area contributed by atoms with Crippen molar-refractivity contribution >= 4 is 17.8 Å². The summed E-state index contributed by atoms with van der Waals surface area (Å²) in [6, 6.07) is 9.81. The molecule has 1 aliphatic heterocycles. The summed E-state index contributed by atoms with van der Waals surface area (Å²) in [6.45, 7) is 8.10. The number of rotatable bonds is 8. The van der Waals surface area contributed by atoms with Gasteiger partial charge in [-0.15, -0.1) is 0 Å². The van der Waals surface area contributed by atoms with Crippen molar-refractivity contribution in [3.05, 3.63) is 52.6 Å². The smallest absolute Gasteiger partial charge is 0.338 e. The minimum Gasteiger partial charge on any atom is -0.338 e. The normalized spacial score (nSPS) is 20.7. The number of anilines is 1. The Bertz CT molecular complexity index is 1220. The van der Waals surface area contributed by atoms with Gasteiger partial charge in [-0.1, -0.05) is 18.6 Å². The summed E-state index contributed by atoms with van der Waals surface area (Å²) in [5.41, 5.74) is 12.5. The molecule has 218 valence electrons. The van der Waals surface area contributed by atoms with Crippen LogP contribution in [-0.2, 0) is 11.2 Å². The molecule has 3 unspecified atom stereocenters. The fraction of sp³-hybridized carbons (Fsp3) is 0.586. The Morgan fingerprint density at radius 3 is 2.38 bits per heavy atom. The third-order valence-electron chi connectivity index (χ3n) is 7.78.